The van der Waals surface area contributed by atoms with E-state index in [0.717, 1.165) is 0 Å². The summed E-state index contributed by atoms with van der Waals surface area (Å²) in [6.45, 7) is 7.58. The third-order valence-corrected chi connectivity index (χ3v) is 3.49. The van der Waals surface area contributed by atoms with E-state index in [9.17, 15) is 29.1 Å². The fraction of sp³-hybridized carbons (Fsp3) is 0.706. The summed E-state index contributed by atoms with van der Waals surface area (Å²) in [6, 6.07) is -2.54. The van der Waals surface area contributed by atoms with Gasteiger partial charge in [0.2, 0.25) is 5.91 Å². The molecule has 0 bridgehead atoms. The number of aliphatic carboxylic acids is 1. The van der Waals surface area contributed by atoms with Gasteiger partial charge < -0.3 is 35.3 Å². The molecule has 1 saturated heterocycles. The first-order valence-electron chi connectivity index (χ1n) is 8.98. The van der Waals surface area contributed by atoms with E-state index in [1.54, 1.807) is 27.7 Å². The Bertz CT molecular complexity index is 659. The summed E-state index contributed by atoms with van der Waals surface area (Å²) in [5, 5.41) is 16.0. The highest BCUT2D eigenvalue weighted by Crippen LogP contribution is 2.23. The molecule has 4 N–H and O–H groups in total. The molecule has 0 saturated carbocycles. The number of carbonyl (C=O) groups is 5. The normalized spacial score (nSPS) is 19.9. The molecule has 0 aliphatic carbocycles. The monoisotopic (exact) mass is 417 g/mol. The number of carboxylic acids is 1. The van der Waals surface area contributed by atoms with Crippen LogP contribution < -0.4 is 16.0 Å². The second-order valence-corrected chi connectivity index (χ2v) is 7.24. The number of carboxylic acid groups (broad SMARTS) is 1. The molecule has 0 aromatic carbocycles. The van der Waals surface area contributed by atoms with Gasteiger partial charge >= 0.3 is 18.0 Å². The molecule has 29 heavy (non-hydrogen) atoms. The molecular weight excluding hydrogens is 390 g/mol. The van der Waals surface area contributed by atoms with Gasteiger partial charge in [-0.3, -0.25) is 9.59 Å². The Balaban J connectivity index is 2.49. The topological polar surface area (TPSA) is 173 Å². The van der Waals surface area contributed by atoms with Crippen molar-refractivity contribution in [3.63, 3.8) is 0 Å². The van der Waals surface area contributed by atoms with E-state index in [2.05, 4.69) is 16.0 Å². The number of epoxide rings is 1. The largest absolute Gasteiger partial charge is 0.480 e. The van der Waals surface area contributed by atoms with Crippen molar-refractivity contribution in [2.45, 2.75) is 64.5 Å². The van der Waals surface area contributed by atoms with Crippen LogP contribution in [-0.4, -0.2) is 78.0 Å². The van der Waals surface area contributed by atoms with Gasteiger partial charge in [-0.2, -0.15) is 0 Å². The third kappa shape index (κ3) is 8.34. The zero-order valence-corrected chi connectivity index (χ0v) is 16.9. The summed E-state index contributed by atoms with van der Waals surface area (Å²) in [4.78, 5) is 58.5. The van der Waals surface area contributed by atoms with E-state index in [4.69, 9.17) is 14.2 Å². The highest BCUT2D eigenvalue weighted by Gasteiger charge is 2.51. The van der Waals surface area contributed by atoms with Crippen LogP contribution in [0.1, 0.15) is 34.6 Å². The van der Waals surface area contributed by atoms with Crippen molar-refractivity contribution in [3.05, 3.63) is 0 Å². The Morgan fingerprint density at radius 1 is 1.10 bits per heavy atom. The maximum absolute atomic E-state index is 12.1. The van der Waals surface area contributed by atoms with E-state index >= 15 is 0 Å². The van der Waals surface area contributed by atoms with Crippen LogP contribution in [0.15, 0.2) is 0 Å². The summed E-state index contributed by atoms with van der Waals surface area (Å²) >= 11 is 0. The van der Waals surface area contributed by atoms with Crippen molar-refractivity contribution in [3.8, 4) is 0 Å². The average Bonchev–Trinajstić information content (AvgIpc) is 3.37. The Hall–Kier alpha value is -2.89. The minimum absolute atomic E-state index is 0.135. The minimum Gasteiger partial charge on any atom is -0.480 e. The van der Waals surface area contributed by atoms with E-state index in [-0.39, 0.29) is 6.61 Å². The molecule has 1 fully saturated rings. The summed E-state index contributed by atoms with van der Waals surface area (Å²) in [7, 11) is 0. The third-order valence-electron chi connectivity index (χ3n) is 3.49. The molecular formula is C17H27N3O9. The number of hydrogen-bond acceptors (Lipinski definition) is 8. The van der Waals surface area contributed by atoms with Crippen LogP contribution in [0.5, 0.6) is 0 Å². The van der Waals surface area contributed by atoms with Crippen LogP contribution in [0.2, 0.25) is 0 Å². The van der Waals surface area contributed by atoms with Crippen molar-refractivity contribution in [1.29, 1.82) is 0 Å². The van der Waals surface area contributed by atoms with Gasteiger partial charge in [0, 0.05) is 6.54 Å². The number of nitrogens with one attached hydrogen (secondary N) is 3. The molecule has 0 aromatic rings. The van der Waals surface area contributed by atoms with Gasteiger partial charge in [0.05, 0.1) is 6.61 Å². The van der Waals surface area contributed by atoms with Gasteiger partial charge in [0.15, 0.2) is 12.2 Å². The lowest BCUT2D eigenvalue weighted by Crippen LogP contribution is -2.54. The molecule has 1 aliphatic rings. The molecule has 0 aromatic heterocycles. The standard InChI is InChI=1S/C17H27N3O9/c1-6-27-15(25)11-10(28-11)13(22)18-7-9(14(23)24)20-12(21)8(2)19-16(26)29-17(3,4)5/h8-11H,6-7H2,1-5H3,(H,18,22)(H,19,26)(H,20,21)(H,23,24)/t8-,9-,10?,11?/m0/s1. The van der Waals surface area contributed by atoms with E-state index in [1.165, 1.54) is 6.92 Å². The lowest BCUT2D eigenvalue weighted by atomic mass is 10.2. The van der Waals surface area contributed by atoms with Gasteiger partial charge in [0.1, 0.15) is 17.7 Å². The van der Waals surface area contributed by atoms with Crippen LogP contribution in [-0.2, 0) is 33.4 Å². The van der Waals surface area contributed by atoms with Crippen LogP contribution in [0.4, 0.5) is 4.79 Å². The van der Waals surface area contributed by atoms with Gasteiger partial charge in [-0.25, -0.2) is 14.4 Å². The van der Waals surface area contributed by atoms with Gasteiger partial charge in [-0.15, -0.1) is 0 Å². The van der Waals surface area contributed by atoms with Crippen LogP contribution in [0, 0.1) is 0 Å². The quantitative estimate of drug-likeness (QED) is 0.269. The summed E-state index contributed by atoms with van der Waals surface area (Å²) < 4.78 is 14.6. The summed E-state index contributed by atoms with van der Waals surface area (Å²) in [5.41, 5.74) is -0.763. The highest BCUT2D eigenvalue weighted by atomic mass is 16.6. The Morgan fingerprint density at radius 3 is 2.24 bits per heavy atom. The molecule has 0 spiro atoms. The second kappa shape index (κ2) is 10.0. The van der Waals surface area contributed by atoms with Crippen molar-refractivity contribution in [2.24, 2.45) is 0 Å². The molecule has 1 aliphatic heterocycles. The van der Waals surface area contributed by atoms with Gasteiger partial charge in [0.25, 0.3) is 5.91 Å². The molecule has 1 heterocycles. The van der Waals surface area contributed by atoms with Crippen LogP contribution >= 0.6 is 0 Å². The number of ether oxygens (including phenoxy) is 3. The fourth-order valence-corrected chi connectivity index (χ4v) is 2.07. The predicted molar refractivity (Wildman–Crippen MR) is 96.7 cm³/mol. The van der Waals surface area contributed by atoms with Crippen molar-refractivity contribution in [2.75, 3.05) is 13.2 Å². The SMILES string of the molecule is CCOC(=O)C1OC1C(=O)NC[C@H](NC(=O)[C@H](C)NC(=O)OC(C)(C)C)C(=O)O. The molecule has 164 valence electrons. The predicted octanol–water partition coefficient (Wildman–Crippen LogP) is -1.08. The Labute approximate surface area is 167 Å². The number of carbonyl (C=O) groups excluding carboxylic acids is 4. The molecule has 12 nitrogen and oxygen atoms in total. The molecule has 12 heteroatoms. The number of hydrogen-bond donors (Lipinski definition) is 4. The van der Waals surface area contributed by atoms with Crippen molar-refractivity contribution >= 4 is 29.8 Å². The lowest BCUT2D eigenvalue weighted by molar-refractivity contribution is -0.145. The molecule has 2 unspecified atom stereocenters. The Morgan fingerprint density at radius 2 is 1.72 bits per heavy atom. The Kier molecular flexibility index (Phi) is 8.37. The fourth-order valence-electron chi connectivity index (χ4n) is 2.07. The number of alkyl carbamates (subject to hydrolysis) is 1. The first-order valence-corrected chi connectivity index (χ1v) is 8.98. The molecule has 4 atom stereocenters. The highest BCUT2D eigenvalue weighted by molar-refractivity contribution is 5.93. The van der Waals surface area contributed by atoms with E-state index < -0.39 is 66.3 Å². The summed E-state index contributed by atoms with van der Waals surface area (Å²) in [5.74, 6) is -3.58. The second-order valence-electron chi connectivity index (χ2n) is 7.24. The lowest BCUT2D eigenvalue weighted by Gasteiger charge is -2.22. The molecule has 1 rings (SSSR count). The van der Waals surface area contributed by atoms with Crippen molar-refractivity contribution in [1.82, 2.24) is 16.0 Å². The average molecular weight is 417 g/mol. The summed E-state index contributed by atoms with van der Waals surface area (Å²) in [6.07, 6.45) is -2.92. The number of amides is 3. The van der Waals surface area contributed by atoms with Crippen LogP contribution in [0.3, 0.4) is 0 Å². The maximum atomic E-state index is 12.1. The van der Waals surface area contributed by atoms with Crippen molar-refractivity contribution < 1.29 is 43.3 Å². The van der Waals surface area contributed by atoms with E-state index in [1.807, 2.05) is 0 Å². The van der Waals surface area contributed by atoms with Gasteiger partial charge in [-0.1, -0.05) is 0 Å². The van der Waals surface area contributed by atoms with Crippen LogP contribution in [0.25, 0.3) is 0 Å². The zero-order valence-electron chi connectivity index (χ0n) is 16.9. The number of rotatable bonds is 9. The molecule has 3 amide bonds. The smallest absolute Gasteiger partial charge is 0.408 e. The molecule has 0 radical (unpaired) electrons. The first kappa shape index (κ1) is 24.1. The number of esters is 1. The van der Waals surface area contributed by atoms with E-state index in [0.29, 0.717) is 0 Å². The maximum Gasteiger partial charge on any atom is 0.408 e. The minimum atomic E-state index is -1.46. The van der Waals surface area contributed by atoms with Gasteiger partial charge in [-0.05, 0) is 34.6 Å². The zero-order chi connectivity index (χ0) is 22.4. The first-order chi connectivity index (χ1) is 13.4.